The summed E-state index contributed by atoms with van der Waals surface area (Å²) in [6.07, 6.45) is 6.63. The first-order chi connectivity index (χ1) is 12.8. The zero-order chi connectivity index (χ0) is 19.6. The lowest BCUT2D eigenvalue weighted by molar-refractivity contribution is -0.131. The number of ether oxygens (including phenoxy) is 1. The monoisotopic (exact) mass is 374 g/mol. The molecule has 27 heavy (non-hydrogen) atoms. The minimum Gasteiger partial charge on any atom is -0.476 e. The lowest BCUT2D eigenvalue weighted by atomic mass is 10.0. The molecule has 3 rings (SSSR count). The summed E-state index contributed by atoms with van der Waals surface area (Å²) < 4.78 is 5.88. The molecule has 2 saturated carbocycles. The number of nitrogens with one attached hydrogen (secondary N) is 1. The van der Waals surface area contributed by atoms with Crippen LogP contribution in [0.4, 0.5) is 0 Å². The Balaban J connectivity index is 1.73. The summed E-state index contributed by atoms with van der Waals surface area (Å²) in [5.74, 6) is 1.25. The summed E-state index contributed by atoms with van der Waals surface area (Å²) in [6.45, 7) is 4.68. The van der Waals surface area contributed by atoms with Crippen molar-refractivity contribution in [2.45, 2.75) is 57.9 Å². The second kappa shape index (κ2) is 8.23. The largest absolute Gasteiger partial charge is 0.476 e. The van der Waals surface area contributed by atoms with Crippen molar-refractivity contribution >= 4 is 11.8 Å². The average Bonchev–Trinajstić information content (AvgIpc) is 3.51. The number of amides is 2. The summed E-state index contributed by atoms with van der Waals surface area (Å²) in [7, 11) is 3.38. The number of nitrogens with zero attached hydrogens (tertiary/aromatic N) is 3. The molecule has 1 atom stereocenters. The zero-order valence-corrected chi connectivity index (χ0v) is 16.7. The molecule has 2 amide bonds. The number of carbonyl (C=O) groups excluding carboxylic acids is 2. The van der Waals surface area contributed by atoms with Crippen LogP contribution in [0.2, 0.25) is 0 Å². The molecule has 148 valence electrons. The van der Waals surface area contributed by atoms with Crippen LogP contribution in [-0.4, -0.2) is 53.4 Å². The van der Waals surface area contributed by atoms with Crippen LogP contribution >= 0.6 is 0 Å². The van der Waals surface area contributed by atoms with E-state index in [0.717, 1.165) is 18.5 Å². The van der Waals surface area contributed by atoms with E-state index in [4.69, 9.17) is 4.74 Å². The van der Waals surface area contributed by atoms with Crippen LogP contribution in [0.5, 0.6) is 5.88 Å². The van der Waals surface area contributed by atoms with E-state index in [1.54, 1.807) is 14.1 Å². The van der Waals surface area contributed by atoms with Gasteiger partial charge >= 0.3 is 0 Å². The topological polar surface area (TPSA) is 84.4 Å². The van der Waals surface area contributed by atoms with Crippen LogP contribution in [0.25, 0.3) is 0 Å². The highest BCUT2D eigenvalue weighted by molar-refractivity contribution is 5.96. The van der Waals surface area contributed by atoms with E-state index < -0.39 is 6.04 Å². The van der Waals surface area contributed by atoms with Gasteiger partial charge in [-0.3, -0.25) is 14.6 Å². The van der Waals surface area contributed by atoms with Gasteiger partial charge in [0.15, 0.2) is 0 Å². The number of hydrogen-bond donors (Lipinski definition) is 1. The molecule has 2 aliphatic carbocycles. The Kier molecular flexibility index (Phi) is 5.97. The van der Waals surface area contributed by atoms with Gasteiger partial charge in [-0.25, -0.2) is 4.98 Å². The highest BCUT2D eigenvalue weighted by Gasteiger charge is 2.32. The van der Waals surface area contributed by atoms with E-state index in [2.05, 4.69) is 15.3 Å². The smallest absolute Gasteiger partial charge is 0.272 e. The molecule has 1 heterocycles. The minimum absolute atomic E-state index is 0.121. The van der Waals surface area contributed by atoms with Crippen LogP contribution in [0.3, 0.4) is 0 Å². The maximum Gasteiger partial charge on any atom is 0.272 e. The quantitative estimate of drug-likeness (QED) is 0.717. The lowest BCUT2D eigenvalue weighted by Crippen LogP contribution is -2.47. The molecule has 0 saturated heterocycles. The first-order valence-electron chi connectivity index (χ1n) is 9.87. The van der Waals surface area contributed by atoms with E-state index in [1.165, 1.54) is 23.9 Å². The van der Waals surface area contributed by atoms with Crippen molar-refractivity contribution in [3.8, 4) is 5.88 Å². The Bertz CT molecular complexity index is 696. The molecular weight excluding hydrogens is 344 g/mol. The van der Waals surface area contributed by atoms with Crippen LogP contribution in [0, 0.1) is 11.8 Å². The van der Waals surface area contributed by atoms with Gasteiger partial charge in [-0.15, -0.1) is 0 Å². The van der Waals surface area contributed by atoms with Gasteiger partial charge in [0.2, 0.25) is 11.8 Å². The summed E-state index contributed by atoms with van der Waals surface area (Å²) in [4.78, 5) is 35.5. The fourth-order valence-corrected chi connectivity index (χ4v) is 2.95. The SMILES string of the molecule is CC(C)CC(NC(=O)c1cnc(C2CC2)c(OCC2CC2)n1)C(=O)N(C)C. The van der Waals surface area contributed by atoms with Gasteiger partial charge in [0, 0.05) is 20.0 Å². The molecule has 2 fully saturated rings. The molecule has 2 aliphatic rings. The Hall–Kier alpha value is -2.18. The van der Waals surface area contributed by atoms with Gasteiger partial charge in [-0.05, 0) is 43.9 Å². The average molecular weight is 374 g/mol. The van der Waals surface area contributed by atoms with Crippen molar-refractivity contribution in [3.05, 3.63) is 17.6 Å². The van der Waals surface area contributed by atoms with Crippen molar-refractivity contribution in [1.82, 2.24) is 20.2 Å². The number of hydrogen-bond acceptors (Lipinski definition) is 5. The van der Waals surface area contributed by atoms with E-state index in [9.17, 15) is 9.59 Å². The van der Waals surface area contributed by atoms with Crippen LogP contribution in [0.1, 0.15) is 68.1 Å². The van der Waals surface area contributed by atoms with E-state index >= 15 is 0 Å². The first kappa shape index (κ1) is 19.6. The molecule has 1 unspecified atom stereocenters. The summed E-state index contributed by atoms with van der Waals surface area (Å²) >= 11 is 0. The van der Waals surface area contributed by atoms with Gasteiger partial charge in [-0.2, -0.15) is 0 Å². The first-order valence-corrected chi connectivity index (χ1v) is 9.87. The third-order valence-electron chi connectivity index (χ3n) is 4.87. The van der Waals surface area contributed by atoms with Gasteiger partial charge < -0.3 is 15.0 Å². The van der Waals surface area contributed by atoms with E-state index in [-0.39, 0.29) is 23.4 Å². The number of likely N-dealkylation sites (N-methyl/N-ethyl adjacent to an activating group) is 1. The third-order valence-corrected chi connectivity index (χ3v) is 4.87. The molecule has 0 aromatic carbocycles. The standard InChI is InChI=1S/C20H30N4O3/c1-12(2)9-15(20(26)24(3)4)22-18(25)16-10-21-17(14-7-8-14)19(23-16)27-11-13-5-6-13/h10,12-15H,5-9,11H2,1-4H3,(H,22,25). The highest BCUT2D eigenvalue weighted by Crippen LogP contribution is 2.42. The van der Waals surface area contributed by atoms with Crippen molar-refractivity contribution in [1.29, 1.82) is 0 Å². The van der Waals surface area contributed by atoms with Gasteiger partial charge in [0.25, 0.3) is 5.91 Å². The van der Waals surface area contributed by atoms with E-state index in [1.807, 2.05) is 13.8 Å². The predicted octanol–water partition coefficient (Wildman–Crippen LogP) is 2.38. The summed E-state index contributed by atoms with van der Waals surface area (Å²) in [5, 5.41) is 2.83. The summed E-state index contributed by atoms with van der Waals surface area (Å²) in [6, 6.07) is -0.576. The fourth-order valence-electron chi connectivity index (χ4n) is 2.95. The number of aromatic nitrogens is 2. The maximum atomic E-state index is 12.7. The Labute approximate surface area is 160 Å². The molecule has 7 heteroatoms. The molecule has 0 spiro atoms. The molecule has 7 nitrogen and oxygen atoms in total. The predicted molar refractivity (Wildman–Crippen MR) is 102 cm³/mol. The molecule has 0 bridgehead atoms. The van der Waals surface area contributed by atoms with Crippen LogP contribution in [0.15, 0.2) is 6.20 Å². The molecular formula is C20H30N4O3. The van der Waals surface area contributed by atoms with Gasteiger partial charge in [0.05, 0.1) is 12.8 Å². The highest BCUT2D eigenvalue weighted by atomic mass is 16.5. The molecule has 0 radical (unpaired) electrons. The Morgan fingerprint density at radius 2 is 1.96 bits per heavy atom. The second-order valence-electron chi connectivity index (χ2n) is 8.36. The van der Waals surface area contributed by atoms with Crippen LogP contribution < -0.4 is 10.1 Å². The molecule has 1 aromatic heterocycles. The normalized spacial score (nSPS) is 17.5. The molecule has 1 N–H and O–H groups in total. The van der Waals surface area contributed by atoms with Crippen molar-refractivity contribution < 1.29 is 14.3 Å². The van der Waals surface area contributed by atoms with Crippen LogP contribution in [-0.2, 0) is 4.79 Å². The van der Waals surface area contributed by atoms with Crippen molar-refractivity contribution in [2.75, 3.05) is 20.7 Å². The zero-order valence-electron chi connectivity index (χ0n) is 16.7. The minimum atomic E-state index is -0.576. The molecule has 1 aromatic rings. The van der Waals surface area contributed by atoms with E-state index in [0.29, 0.717) is 30.7 Å². The third kappa shape index (κ3) is 5.40. The van der Waals surface area contributed by atoms with Gasteiger partial charge in [0.1, 0.15) is 17.4 Å². The maximum absolute atomic E-state index is 12.7. The summed E-state index contributed by atoms with van der Waals surface area (Å²) in [5.41, 5.74) is 1.06. The number of carbonyl (C=O) groups is 2. The lowest BCUT2D eigenvalue weighted by Gasteiger charge is -2.23. The Morgan fingerprint density at radius 1 is 1.26 bits per heavy atom. The second-order valence-corrected chi connectivity index (χ2v) is 8.36. The number of rotatable bonds is 9. The fraction of sp³-hybridized carbons (Fsp3) is 0.700. The van der Waals surface area contributed by atoms with Crippen molar-refractivity contribution in [2.24, 2.45) is 11.8 Å². The molecule has 0 aliphatic heterocycles. The Morgan fingerprint density at radius 3 is 2.52 bits per heavy atom. The van der Waals surface area contributed by atoms with Gasteiger partial charge in [-0.1, -0.05) is 13.8 Å². The van der Waals surface area contributed by atoms with Crippen molar-refractivity contribution in [3.63, 3.8) is 0 Å².